The van der Waals surface area contributed by atoms with Gasteiger partial charge < -0.3 is 15.4 Å². The Morgan fingerprint density at radius 2 is 2.11 bits per heavy atom. The van der Waals surface area contributed by atoms with Gasteiger partial charge in [0.2, 0.25) is 0 Å². The van der Waals surface area contributed by atoms with Gasteiger partial charge in [0, 0.05) is 13.2 Å². The summed E-state index contributed by atoms with van der Waals surface area (Å²) in [6, 6.07) is 5.45. The molecule has 0 atom stereocenters. The number of hydrogen-bond donors (Lipinski definition) is 3. The Balaban J connectivity index is 2.17. The van der Waals surface area contributed by atoms with Gasteiger partial charge in [0.25, 0.3) is 0 Å². The number of H-pyrrole nitrogens is 1. The van der Waals surface area contributed by atoms with Crippen molar-refractivity contribution < 1.29 is 5.11 Å². The standard InChI is InChI=1S/C12H11N5O/c1-13-10-3-2-8-12(16-10)17-11(15-8)7-4-5-14-6-9(7)18/h2-6,18H,1H3,(H2,13,15,16,17). The Kier molecular flexibility index (Phi) is 2.33. The minimum Gasteiger partial charge on any atom is -0.506 e. The average Bonchev–Trinajstić information content (AvgIpc) is 2.81. The van der Waals surface area contributed by atoms with Crippen molar-refractivity contribution in [2.45, 2.75) is 0 Å². The third kappa shape index (κ3) is 1.64. The van der Waals surface area contributed by atoms with E-state index in [0.29, 0.717) is 17.0 Å². The summed E-state index contributed by atoms with van der Waals surface area (Å²) in [5.74, 6) is 1.41. The summed E-state index contributed by atoms with van der Waals surface area (Å²) in [6.45, 7) is 0. The van der Waals surface area contributed by atoms with Crippen LogP contribution in [0.2, 0.25) is 0 Å². The fraction of sp³-hybridized carbons (Fsp3) is 0.0833. The van der Waals surface area contributed by atoms with Crippen molar-refractivity contribution in [3.8, 4) is 17.1 Å². The smallest absolute Gasteiger partial charge is 0.180 e. The minimum atomic E-state index is 0.0883. The zero-order chi connectivity index (χ0) is 12.5. The van der Waals surface area contributed by atoms with E-state index in [1.807, 2.05) is 12.1 Å². The van der Waals surface area contributed by atoms with Crippen molar-refractivity contribution in [1.29, 1.82) is 0 Å². The number of nitrogens with one attached hydrogen (secondary N) is 2. The van der Waals surface area contributed by atoms with E-state index in [-0.39, 0.29) is 5.75 Å². The van der Waals surface area contributed by atoms with Gasteiger partial charge in [0.05, 0.1) is 17.3 Å². The van der Waals surface area contributed by atoms with Crippen LogP contribution in [0.1, 0.15) is 0 Å². The monoisotopic (exact) mass is 241 g/mol. The van der Waals surface area contributed by atoms with Gasteiger partial charge >= 0.3 is 0 Å². The first-order valence-corrected chi connectivity index (χ1v) is 5.46. The highest BCUT2D eigenvalue weighted by Crippen LogP contribution is 2.27. The van der Waals surface area contributed by atoms with E-state index >= 15 is 0 Å². The molecule has 0 amide bonds. The van der Waals surface area contributed by atoms with Crippen molar-refractivity contribution in [2.75, 3.05) is 12.4 Å². The number of rotatable bonds is 2. The summed E-state index contributed by atoms with van der Waals surface area (Å²) in [4.78, 5) is 15.6. The van der Waals surface area contributed by atoms with E-state index in [2.05, 4.69) is 25.3 Å². The second-order valence-electron chi connectivity index (χ2n) is 3.80. The largest absolute Gasteiger partial charge is 0.506 e. The maximum Gasteiger partial charge on any atom is 0.180 e. The van der Waals surface area contributed by atoms with Gasteiger partial charge in [-0.25, -0.2) is 9.97 Å². The lowest BCUT2D eigenvalue weighted by atomic mass is 10.2. The average molecular weight is 241 g/mol. The van der Waals surface area contributed by atoms with Crippen LogP contribution in [0.15, 0.2) is 30.6 Å². The molecule has 3 rings (SSSR count). The summed E-state index contributed by atoms with van der Waals surface area (Å²) in [7, 11) is 1.80. The van der Waals surface area contributed by atoms with Gasteiger partial charge in [-0.1, -0.05) is 0 Å². The fourth-order valence-corrected chi connectivity index (χ4v) is 1.75. The molecule has 0 unspecified atom stereocenters. The number of anilines is 1. The first kappa shape index (κ1) is 10.5. The van der Waals surface area contributed by atoms with E-state index in [9.17, 15) is 5.11 Å². The topological polar surface area (TPSA) is 86.7 Å². The quantitative estimate of drug-likeness (QED) is 0.636. The molecule has 0 bridgehead atoms. The lowest BCUT2D eigenvalue weighted by Crippen LogP contribution is -1.91. The van der Waals surface area contributed by atoms with E-state index in [1.54, 1.807) is 19.3 Å². The molecular formula is C12H11N5O. The molecule has 18 heavy (non-hydrogen) atoms. The molecule has 3 aromatic heterocycles. The summed E-state index contributed by atoms with van der Waals surface area (Å²) < 4.78 is 0. The highest BCUT2D eigenvalue weighted by atomic mass is 16.3. The molecule has 0 saturated heterocycles. The molecule has 3 aromatic rings. The summed E-state index contributed by atoms with van der Waals surface area (Å²) in [5, 5.41) is 12.7. The van der Waals surface area contributed by atoms with Gasteiger partial charge in [0.15, 0.2) is 5.65 Å². The zero-order valence-corrected chi connectivity index (χ0v) is 9.68. The number of aromatic hydroxyl groups is 1. The molecule has 0 aliphatic carbocycles. The normalized spacial score (nSPS) is 10.7. The molecule has 0 aliphatic rings. The maximum absolute atomic E-state index is 9.73. The Morgan fingerprint density at radius 3 is 2.89 bits per heavy atom. The van der Waals surface area contributed by atoms with Crippen molar-refractivity contribution in [3.05, 3.63) is 30.6 Å². The molecule has 90 valence electrons. The van der Waals surface area contributed by atoms with Crippen LogP contribution in [-0.2, 0) is 0 Å². The molecule has 0 spiro atoms. The van der Waals surface area contributed by atoms with Crippen LogP contribution < -0.4 is 5.32 Å². The number of nitrogens with zero attached hydrogens (tertiary/aromatic N) is 3. The van der Waals surface area contributed by atoms with Crippen LogP contribution >= 0.6 is 0 Å². The van der Waals surface area contributed by atoms with Crippen molar-refractivity contribution in [3.63, 3.8) is 0 Å². The fourth-order valence-electron chi connectivity index (χ4n) is 1.75. The van der Waals surface area contributed by atoms with Gasteiger partial charge in [-0.3, -0.25) is 4.98 Å². The molecule has 0 aromatic carbocycles. The van der Waals surface area contributed by atoms with Crippen LogP contribution in [0.4, 0.5) is 5.82 Å². The zero-order valence-electron chi connectivity index (χ0n) is 9.68. The molecule has 0 saturated carbocycles. The number of hydrogen-bond acceptors (Lipinski definition) is 5. The minimum absolute atomic E-state index is 0.0883. The van der Waals surface area contributed by atoms with Crippen LogP contribution in [-0.4, -0.2) is 32.1 Å². The molecule has 6 heteroatoms. The van der Waals surface area contributed by atoms with Crippen molar-refractivity contribution >= 4 is 17.0 Å². The summed E-state index contributed by atoms with van der Waals surface area (Å²) in [6.07, 6.45) is 2.99. The first-order chi connectivity index (χ1) is 8.78. The van der Waals surface area contributed by atoms with Gasteiger partial charge in [-0.15, -0.1) is 0 Å². The van der Waals surface area contributed by atoms with Crippen molar-refractivity contribution in [1.82, 2.24) is 19.9 Å². The molecule has 0 radical (unpaired) electrons. The van der Waals surface area contributed by atoms with E-state index in [0.717, 1.165) is 11.3 Å². The number of aromatic nitrogens is 4. The Labute approximate surface area is 103 Å². The van der Waals surface area contributed by atoms with Gasteiger partial charge in [-0.2, -0.15) is 0 Å². The predicted molar refractivity (Wildman–Crippen MR) is 68.3 cm³/mol. The van der Waals surface area contributed by atoms with E-state index < -0.39 is 0 Å². The van der Waals surface area contributed by atoms with Gasteiger partial charge in [0.1, 0.15) is 17.4 Å². The number of aromatic amines is 1. The van der Waals surface area contributed by atoms with E-state index in [4.69, 9.17) is 0 Å². The number of imidazole rings is 1. The predicted octanol–water partition coefficient (Wildman–Crippen LogP) is 1.77. The third-order valence-electron chi connectivity index (χ3n) is 2.66. The third-order valence-corrected chi connectivity index (χ3v) is 2.66. The molecular weight excluding hydrogens is 230 g/mol. The summed E-state index contributed by atoms with van der Waals surface area (Å²) in [5.41, 5.74) is 2.03. The Hall–Kier alpha value is -2.63. The molecule has 3 N–H and O–H groups in total. The SMILES string of the molecule is CNc1ccc2[nH]c(-c3ccncc3O)nc2n1. The van der Waals surface area contributed by atoms with Crippen LogP contribution in [0.5, 0.6) is 5.75 Å². The van der Waals surface area contributed by atoms with Crippen LogP contribution in [0.25, 0.3) is 22.6 Å². The van der Waals surface area contributed by atoms with Crippen LogP contribution in [0.3, 0.4) is 0 Å². The molecule has 3 heterocycles. The second-order valence-corrected chi connectivity index (χ2v) is 3.80. The highest BCUT2D eigenvalue weighted by Gasteiger charge is 2.10. The Bertz CT molecular complexity index is 707. The van der Waals surface area contributed by atoms with Crippen LogP contribution in [0, 0.1) is 0 Å². The lowest BCUT2D eigenvalue weighted by Gasteiger charge is -1.97. The van der Waals surface area contributed by atoms with Gasteiger partial charge in [-0.05, 0) is 18.2 Å². The Morgan fingerprint density at radius 1 is 1.22 bits per heavy atom. The lowest BCUT2D eigenvalue weighted by molar-refractivity contribution is 0.474. The maximum atomic E-state index is 9.73. The first-order valence-electron chi connectivity index (χ1n) is 5.46. The molecule has 0 aliphatic heterocycles. The molecule has 6 nitrogen and oxygen atoms in total. The number of fused-ring (bicyclic) bond motifs is 1. The summed E-state index contributed by atoms with van der Waals surface area (Å²) >= 11 is 0. The second kappa shape index (κ2) is 3.99. The molecule has 0 fully saturated rings. The highest BCUT2D eigenvalue weighted by molar-refractivity contribution is 5.78. The van der Waals surface area contributed by atoms with E-state index in [1.165, 1.54) is 6.20 Å². The number of pyridine rings is 2. The van der Waals surface area contributed by atoms with Crippen molar-refractivity contribution in [2.24, 2.45) is 0 Å².